The van der Waals surface area contributed by atoms with Crippen LogP contribution in [0.1, 0.15) is 35.7 Å². The van der Waals surface area contributed by atoms with Crippen LogP contribution in [0.2, 0.25) is 0 Å². The maximum Gasteiger partial charge on any atom is 0.335 e. The first-order valence-electron chi connectivity index (χ1n) is 5.74. The van der Waals surface area contributed by atoms with Crippen molar-refractivity contribution in [1.29, 1.82) is 0 Å². The summed E-state index contributed by atoms with van der Waals surface area (Å²) in [5.74, 6) is -1.59. The summed E-state index contributed by atoms with van der Waals surface area (Å²) in [5, 5.41) is 8.83. The Kier molecular flexibility index (Phi) is 5.10. The lowest BCUT2D eigenvalue weighted by Gasteiger charge is -2.16. The first-order valence-corrected chi connectivity index (χ1v) is 5.74. The summed E-state index contributed by atoms with van der Waals surface area (Å²) in [6.45, 7) is 3.60. The number of halogens is 1. The monoisotopic (exact) mass is 239 g/mol. The fourth-order valence-corrected chi connectivity index (χ4v) is 1.68. The third-order valence-electron chi connectivity index (χ3n) is 2.55. The lowest BCUT2D eigenvalue weighted by atomic mass is 10.1. The van der Waals surface area contributed by atoms with Gasteiger partial charge in [-0.25, -0.2) is 9.18 Å². The van der Waals surface area contributed by atoms with Crippen molar-refractivity contribution in [2.75, 3.05) is 13.6 Å². The largest absolute Gasteiger partial charge is 0.478 e. The molecule has 0 saturated heterocycles. The van der Waals surface area contributed by atoms with E-state index in [1.165, 1.54) is 12.1 Å². The molecule has 3 nitrogen and oxygen atoms in total. The van der Waals surface area contributed by atoms with E-state index in [1.54, 1.807) is 0 Å². The molecule has 0 unspecified atom stereocenters. The molecule has 0 aliphatic rings. The number of carbonyl (C=O) groups is 1. The standard InChI is InChI=1S/C13H18FNO2/c1-3-4-5-15(2)9-10-6-11(13(16)17)8-12(14)7-10/h6-8H,3-5,9H2,1-2H3,(H,16,17). The van der Waals surface area contributed by atoms with Gasteiger partial charge in [0.1, 0.15) is 5.82 Å². The van der Waals surface area contributed by atoms with E-state index in [9.17, 15) is 9.18 Å². The molecule has 0 heterocycles. The first kappa shape index (κ1) is 13.6. The van der Waals surface area contributed by atoms with Crippen LogP contribution in [0.5, 0.6) is 0 Å². The maximum absolute atomic E-state index is 13.2. The third-order valence-corrected chi connectivity index (χ3v) is 2.55. The molecule has 0 radical (unpaired) electrons. The molecule has 1 aromatic rings. The summed E-state index contributed by atoms with van der Waals surface area (Å²) in [6.07, 6.45) is 2.19. The molecule has 17 heavy (non-hydrogen) atoms. The highest BCUT2D eigenvalue weighted by Crippen LogP contribution is 2.11. The van der Waals surface area contributed by atoms with E-state index < -0.39 is 11.8 Å². The predicted octanol–water partition coefficient (Wildman–Crippen LogP) is 2.76. The van der Waals surface area contributed by atoms with Gasteiger partial charge in [-0.2, -0.15) is 0 Å². The van der Waals surface area contributed by atoms with E-state index >= 15 is 0 Å². The molecule has 0 bridgehead atoms. The molecule has 0 atom stereocenters. The van der Waals surface area contributed by atoms with Gasteiger partial charge in [0.2, 0.25) is 0 Å². The molecule has 0 aliphatic carbocycles. The minimum absolute atomic E-state index is 0.00360. The molecule has 94 valence electrons. The SMILES string of the molecule is CCCCN(C)Cc1cc(F)cc(C(=O)O)c1. The summed E-state index contributed by atoms with van der Waals surface area (Å²) in [5.41, 5.74) is 0.699. The van der Waals surface area contributed by atoms with Gasteiger partial charge < -0.3 is 10.0 Å². The molecule has 0 aromatic heterocycles. The van der Waals surface area contributed by atoms with Gasteiger partial charge in [-0.05, 0) is 43.8 Å². The maximum atomic E-state index is 13.2. The van der Waals surface area contributed by atoms with Crippen LogP contribution in [0.4, 0.5) is 4.39 Å². The summed E-state index contributed by atoms with van der Waals surface area (Å²) in [6, 6.07) is 3.95. The second-order valence-corrected chi connectivity index (χ2v) is 4.24. The summed E-state index contributed by atoms with van der Waals surface area (Å²) >= 11 is 0. The van der Waals surface area contributed by atoms with Crippen LogP contribution in [0.15, 0.2) is 18.2 Å². The second-order valence-electron chi connectivity index (χ2n) is 4.24. The van der Waals surface area contributed by atoms with Crippen molar-refractivity contribution < 1.29 is 14.3 Å². The minimum Gasteiger partial charge on any atom is -0.478 e. The molecule has 1 aromatic carbocycles. The van der Waals surface area contributed by atoms with Crippen molar-refractivity contribution in [2.24, 2.45) is 0 Å². The van der Waals surface area contributed by atoms with Crippen LogP contribution in [-0.2, 0) is 6.54 Å². The number of hydrogen-bond donors (Lipinski definition) is 1. The smallest absolute Gasteiger partial charge is 0.335 e. The summed E-state index contributed by atoms with van der Waals surface area (Å²) < 4.78 is 13.2. The van der Waals surface area contributed by atoms with E-state index in [4.69, 9.17) is 5.11 Å². The fourth-order valence-electron chi connectivity index (χ4n) is 1.68. The zero-order chi connectivity index (χ0) is 12.8. The second kappa shape index (κ2) is 6.35. The number of rotatable bonds is 6. The van der Waals surface area contributed by atoms with Crippen molar-refractivity contribution >= 4 is 5.97 Å². The van der Waals surface area contributed by atoms with Crippen LogP contribution >= 0.6 is 0 Å². The minimum atomic E-state index is -1.10. The van der Waals surface area contributed by atoms with Gasteiger partial charge in [0.05, 0.1) is 5.56 Å². The van der Waals surface area contributed by atoms with Gasteiger partial charge in [-0.15, -0.1) is 0 Å². The predicted molar refractivity (Wildman–Crippen MR) is 64.6 cm³/mol. The van der Waals surface area contributed by atoms with Crippen LogP contribution in [0.25, 0.3) is 0 Å². The molecular formula is C13H18FNO2. The van der Waals surface area contributed by atoms with E-state index in [2.05, 4.69) is 11.8 Å². The quantitative estimate of drug-likeness (QED) is 0.829. The zero-order valence-electron chi connectivity index (χ0n) is 10.2. The van der Waals surface area contributed by atoms with Crippen molar-refractivity contribution in [3.05, 3.63) is 35.1 Å². The number of nitrogens with zero attached hydrogens (tertiary/aromatic N) is 1. The summed E-state index contributed by atoms with van der Waals surface area (Å²) in [7, 11) is 1.95. The Morgan fingerprint density at radius 2 is 2.12 bits per heavy atom. The van der Waals surface area contributed by atoms with Crippen molar-refractivity contribution in [1.82, 2.24) is 4.90 Å². The third kappa shape index (κ3) is 4.53. The van der Waals surface area contributed by atoms with E-state index in [0.29, 0.717) is 12.1 Å². The zero-order valence-corrected chi connectivity index (χ0v) is 10.2. The molecule has 0 amide bonds. The molecule has 0 aliphatic heterocycles. The van der Waals surface area contributed by atoms with Gasteiger partial charge in [0.25, 0.3) is 0 Å². The molecule has 4 heteroatoms. The van der Waals surface area contributed by atoms with Crippen molar-refractivity contribution in [3.8, 4) is 0 Å². The van der Waals surface area contributed by atoms with Crippen molar-refractivity contribution in [2.45, 2.75) is 26.3 Å². The van der Waals surface area contributed by atoms with Gasteiger partial charge in [0, 0.05) is 6.54 Å². The fraction of sp³-hybridized carbons (Fsp3) is 0.462. The van der Waals surface area contributed by atoms with E-state index in [0.717, 1.165) is 25.5 Å². The lowest BCUT2D eigenvalue weighted by molar-refractivity contribution is 0.0696. The first-order chi connectivity index (χ1) is 8.02. The Labute approximate surface area is 101 Å². The Morgan fingerprint density at radius 1 is 1.41 bits per heavy atom. The lowest BCUT2D eigenvalue weighted by Crippen LogP contribution is -2.19. The average molecular weight is 239 g/mol. The number of carboxylic acids is 1. The normalized spacial score (nSPS) is 10.8. The van der Waals surface area contributed by atoms with Gasteiger partial charge in [-0.3, -0.25) is 0 Å². The number of benzene rings is 1. The Hall–Kier alpha value is -1.42. The Bertz CT molecular complexity index is 393. The van der Waals surface area contributed by atoms with Crippen molar-refractivity contribution in [3.63, 3.8) is 0 Å². The summed E-state index contributed by atoms with van der Waals surface area (Å²) in [4.78, 5) is 12.8. The topological polar surface area (TPSA) is 40.5 Å². The molecule has 0 fully saturated rings. The molecule has 0 spiro atoms. The highest BCUT2D eigenvalue weighted by molar-refractivity contribution is 5.87. The van der Waals surface area contributed by atoms with Crippen LogP contribution in [-0.4, -0.2) is 29.6 Å². The Balaban J connectivity index is 2.73. The Morgan fingerprint density at radius 3 is 2.71 bits per heavy atom. The molecule has 0 saturated carbocycles. The van der Waals surface area contributed by atoms with Gasteiger partial charge >= 0.3 is 5.97 Å². The average Bonchev–Trinajstić information content (AvgIpc) is 2.25. The highest BCUT2D eigenvalue weighted by Gasteiger charge is 2.08. The number of carboxylic acid groups (broad SMARTS) is 1. The van der Waals surface area contributed by atoms with Crippen LogP contribution in [0.3, 0.4) is 0 Å². The number of hydrogen-bond acceptors (Lipinski definition) is 2. The molecular weight excluding hydrogens is 221 g/mol. The van der Waals surface area contributed by atoms with Crippen LogP contribution in [0, 0.1) is 5.82 Å². The van der Waals surface area contributed by atoms with E-state index in [1.807, 2.05) is 7.05 Å². The van der Waals surface area contributed by atoms with Crippen LogP contribution < -0.4 is 0 Å². The highest BCUT2D eigenvalue weighted by atomic mass is 19.1. The van der Waals surface area contributed by atoms with E-state index in [-0.39, 0.29) is 5.56 Å². The molecule has 1 N–H and O–H groups in total. The van der Waals surface area contributed by atoms with Gasteiger partial charge in [0.15, 0.2) is 0 Å². The molecule has 1 rings (SSSR count). The number of unbranched alkanes of at least 4 members (excludes halogenated alkanes) is 1. The van der Waals surface area contributed by atoms with Gasteiger partial charge in [-0.1, -0.05) is 13.3 Å². The number of aromatic carboxylic acids is 1.